The maximum Gasteiger partial charge on any atom is 0.237 e. The molecule has 6 heteroatoms. The van der Waals surface area contributed by atoms with E-state index in [1.54, 1.807) is 11.3 Å². The fourth-order valence-corrected chi connectivity index (χ4v) is 5.65. The van der Waals surface area contributed by atoms with E-state index in [4.69, 9.17) is 0 Å². The number of anilines is 1. The molecule has 3 aromatic rings. The minimum absolute atomic E-state index is 0.00450. The van der Waals surface area contributed by atoms with E-state index >= 15 is 0 Å². The van der Waals surface area contributed by atoms with Crippen LogP contribution in [-0.4, -0.2) is 21.1 Å². The van der Waals surface area contributed by atoms with Gasteiger partial charge in [-0.15, -0.1) is 11.3 Å². The quantitative estimate of drug-likeness (QED) is 0.513. The molecule has 0 bridgehead atoms. The second kappa shape index (κ2) is 7.00. The highest BCUT2D eigenvalue weighted by molar-refractivity contribution is 8.00. The number of thiophene rings is 1. The monoisotopic (exact) mass is 383 g/mol. The van der Waals surface area contributed by atoms with E-state index in [1.165, 1.54) is 39.6 Å². The van der Waals surface area contributed by atoms with E-state index in [0.717, 1.165) is 34.2 Å². The summed E-state index contributed by atoms with van der Waals surface area (Å²) in [4.78, 5) is 24.4. The number of thioether (sulfide) groups is 1. The molecule has 1 amide bonds. The van der Waals surface area contributed by atoms with Crippen LogP contribution in [0.3, 0.4) is 0 Å². The Hall–Kier alpha value is -1.92. The molecule has 1 atom stereocenters. The lowest BCUT2D eigenvalue weighted by atomic mass is 10.2. The third kappa shape index (κ3) is 3.35. The van der Waals surface area contributed by atoms with Crippen LogP contribution in [0.2, 0.25) is 0 Å². The number of aromatic nitrogens is 2. The Labute approximate surface area is 161 Å². The van der Waals surface area contributed by atoms with Gasteiger partial charge in [0.15, 0.2) is 0 Å². The van der Waals surface area contributed by atoms with Crippen LogP contribution in [0.25, 0.3) is 10.2 Å². The molecule has 26 heavy (non-hydrogen) atoms. The second-order valence-corrected chi connectivity index (χ2v) is 9.14. The summed E-state index contributed by atoms with van der Waals surface area (Å²) in [6.07, 6.45) is 3.45. The first-order chi connectivity index (χ1) is 12.5. The summed E-state index contributed by atoms with van der Waals surface area (Å²) in [6, 6.07) is 7.87. The Morgan fingerprint density at radius 1 is 1.19 bits per heavy atom. The maximum absolute atomic E-state index is 12.6. The van der Waals surface area contributed by atoms with Crippen LogP contribution in [0.1, 0.15) is 35.2 Å². The second-order valence-electron chi connectivity index (χ2n) is 6.73. The Morgan fingerprint density at radius 3 is 2.73 bits per heavy atom. The SMILES string of the molecule is Cc1ccc(NC(=O)[C@H](C)Sc2nc(C)nc3sc4c(c23)CCC4)cc1. The molecule has 0 saturated heterocycles. The van der Waals surface area contributed by atoms with Crippen molar-refractivity contribution >= 4 is 44.9 Å². The Morgan fingerprint density at radius 2 is 1.96 bits per heavy atom. The van der Waals surface area contributed by atoms with Gasteiger partial charge in [0.2, 0.25) is 5.91 Å². The zero-order valence-electron chi connectivity index (χ0n) is 15.1. The molecule has 4 rings (SSSR count). The molecule has 0 radical (unpaired) electrons. The van der Waals surface area contributed by atoms with Crippen LogP contribution in [0.5, 0.6) is 0 Å². The predicted molar refractivity (Wildman–Crippen MR) is 109 cm³/mol. The molecule has 0 fully saturated rings. The van der Waals surface area contributed by atoms with E-state index in [9.17, 15) is 4.79 Å². The molecule has 4 nitrogen and oxygen atoms in total. The van der Waals surface area contributed by atoms with Crippen molar-refractivity contribution in [1.82, 2.24) is 9.97 Å². The summed E-state index contributed by atoms with van der Waals surface area (Å²) in [5.41, 5.74) is 3.41. The number of hydrogen-bond acceptors (Lipinski definition) is 5. The number of nitrogens with one attached hydrogen (secondary N) is 1. The lowest BCUT2D eigenvalue weighted by molar-refractivity contribution is -0.115. The number of carbonyl (C=O) groups excluding carboxylic acids is 1. The van der Waals surface area contributed by atoms with Gasteiger partial charge in [0.1, 0.15) is 15.7 Å². The molecule has 1 aliphatic carbocycles. The summed E-state index contributed by atoms with van der Waals surface area (Å²) < 4.78 is 0. The first kappa shape index (κ1) is 17.5. The standard InChI is InChI=1S/C20H21N3OS2/c1-11-7-9-14(10-8-11)23-18(24)12(2)25-19-17-15-5-4-6-16(15)26-20(17)22-13(3)21-19/h7-10,12H,4-6H2,1-3H3,(H,23,24)/t12-/m0/s1. The zero-order chi connectivity index (χ0) is 18.3. The summed E-state index contributed by atoms with van der Waals surface area (Å²) in [5, 5.41) is 4.88. The fourth-order valence-electron chi connectivity index (χ4n) is 3.25. The van der Waals surface area contributed by atoms with Crippen molar-refractivity contribution < 1.29 is 4.79 Å². The van der Waals surface area contributed by atoms with Crippen molar-refractivity contribution in [3.63, 3.8) is 0 Å². The molecule has 0 unspecified atom stereocenters. The molecule has 1 aliphatic rings. The van der Waals surface area contributed by atoms with Crippen LogP contribution >= 0.6 is 23.1 Å². The van der Waals surface area contributed by atoms with Crippen molar-refractivity contribution in [2.24, 2.45) is 0 Å². The molecule has 1 aromatic carbocycles. The number of fused-ring (bicyclic) bond motifs is 3. The van der Waals surface area contributed by atoms with Crippen LogP contribution in [-0.2, 0) is 17.6 Å². The van der Waals surface area contributed by atoms with Crippen LogP contribution in [0.4, 0.5) is 5.69 Å². The average molecular weight is 384 g/mol. The predicted octanol–water partition coefficient (Wildman–Crippen LogP) is 4.92. The number of amides is 1. The molecule has 2 aromatic heterocycles. The Kier molecular flexibility index (Phi) is 4.71. The lowest BCUT2D eigenvalue weighted by Crippen LogP contribution is -2.22. The molecule has 0 saturated carbocycles. The summed E-state index contributed by atoms with van der Waals surface area (Å²) in [7, 11) is 0. The highest BCUT2D eigenvalue weighted by atomic mass is 32.2. The average Bonchev–Trinajstić information content (AvgIpc) is 3.17. The lowest BCUT2D eigenvalue weighted by Gasteiger charge is -2.13. The molecule has 1 N–H and O–H groups in total. The van der Waals surface area contributed by atoms with Gasteiger partial charge in [-0.1, -0.05) is 29.5 Å². The van der Waals surface area contributed by atoms with E-state index in [2.05, 4.69) is 15.3 Å². The van der Waals surface area contributed by atoms with Crippen molar-refractivity contribution in [3.05, 3.63) is 46.1 Å². The largest absolute Gasteiger partial charge is 0.325 e. The normalized spacial score (nSPS) is 14.4. The first-order valence-corrected chi connectivity index (χ1v) is 10.5. The first-order valence-electron chi connectivity index (χ1n) is 8.84. The van der Waals surface area contributed by atoms with Gasteiger partial charge in [-0.25, -0.2) is 9.97 Å². The Bertz CT molecular complexity index is 979. The molecule has 134 valence electrons. The third-order valence-electron chi connectivity index (χ3n) is 4.62. The Balaban J connectivity index is 1.58. The topological polar surface area (TPSA) is 54.9 Å². The van der Waals surface area contributed by atoms with Crippen LogP contribution in [0, 0.1) is 13.8 Å². The van der Waals surface area contributed by atoms with Gasteiger partial charge in [0.05, 0.1) is 5.25 Å². The summed E-state index contributed by atoms with van der Waals surface area (Å²) in [6.45, 7) is 5.89. The number of aryl methyl sites for hydroxylation is 4. The van der Waals surface area contributed by atoms with Crippen molar-refractivity contribution in [2.45, 2.75) is 50.3 Å². The van der Waals surface area contributed by atoms with Crippen molar-refractivity contribution in [2.75, 3.05) is 5.32 Å². The van der Waals surface area contributed by atoms with Gasteiger partial charge >= 0.3 is 0 Å². The van der Waals surface area contributed by atoms with E-state index < -0.39 is 0 Å². The van der Waals surface area contributed by atoms with Crippen LogP contribution in [0.15, 0.2) is 29.3 Å². The number of benzene rings is 1. The molecule has 0 aliphatic heterocycles. The molecule has 2 heterocycles. The van der Waals surface area contributed by atoms with Gasteiger partial charge in [-0.2, -0.15) is 0 Å². The smallest absolute Gasteiger partial charge is 0.237 e. The third-order valence-corrected chi connectivity index (χ3v) is 6.89. The van der Waals surface area contributed by atoms with E-state index in [1.807, 2.05) is 45.0 Å². The number of carbonyl (C=O) groups is 1. The van der Waals surface area contributed by atoms with Gasteiger partial charge in [-0.3, -0.25) is 4.79 Å². The fraction of sp³-hybridized carbons (Fsp3) is 0.350. The number of hydrogen-bond donors (Lipinski definition) is 1. The molecular formula is C20H21N3OS2. The minimum atomic E-state index is -0.231. The molecule has 0 spiro atoms. The van der Waals surface area contributed by atoms with E-state index in [0.29, 0.717) is 0 Å². The number of nitrogens with zero attached hydrogens (tertiary/aromatic N) is 2. The van der Waals surface area contributed by atoms with Gasteiger partial charge < -0.3 is 5.32 Å². The minimum Gasteiger partial charge on any atom is -0.325 e. The van der Waals surface area contributed by atoms with Gasteiger partial charge in [0.25, 0.3) is 0 Å². The highest BCUT2D eigenvalue weighted by Gasteiger charge is 2.24. The zero-order valence-corrected chi connectivity index (χ0v) is 16.8. The molecular weight excluding hydrogens is 362 g/mol. The highest BCUT2D eigenvalue weighted by Crippen LogP contribution is 2.41. The summed E-state index contributed by atoms with van der Waals surface area (Å²) in [5.74, 6) is 0.765. The summed E-state index contributed by atoms with van der Waals surface area (Å²) >= 11 is 3.32. The van der Waals surface area contributed by atoms with E-state index in [-0.39, 0.29) is 11.2 Å². The van der Waals surface area contributed by atoms with Gasteiger partial charge in [-0.05, 0) is 57.7 Å². The van der Waals surface area contributed by atoms with Crippen molar-refractivity contribution in [3.8, 4) is 0 Å². The number of rotatable bonds is 4. The van der Waals surface area contributed by atoms with Crippen LogP contribution < -0.4 is 5.32 Å². The van der Waals surface area contributed by atoms with Gasteiger partial charge in [0, 0.05) is 16.0 Å². The van der Waals surface area contributed by atoms with Crippen molar-refractivity contribution in [1.29, 1.82) is 0 Å². The maximum atomic E-state index is 12.6.